The van der Waals surface area contributed by atoms with Crippen LogP contribution >= 0.6 is 11.8 Å². The van der Waals surface area contributed by atoms with Gasteiger partial charge in [-0.2, -0.15) is 5.26 Å². The predicted octanol–water partition coefficient (Wildman–Crippen LogP) is 4.57. The van der Waals surface area contributed by atoms with E-state index in [2.05, 4.69) is 35.4 Å². The number of nitrogens with zero attached hydrogens (tertiary/aromatic N) is 3. The lowest BCUT2D eigenvalue weighted by Crippen LogP contribution is -2.21. The van der Waals surface area contributed by atoms with Crippen molar-refractivity contribution in [1.82, 2.24) is 10.1 Å². The van der Waals surface area contributed by atoms with Crippen molar-refractivity contribution >= 4 is 11.8 Å². The van der Waals surface area contributed by atoms with Gasteiger partial charge in [0.15, 0.2) is 5.76 Å². The third-order valence-electron chi connectivity index (χ3n) is 4.14. The lowest BCUT2D eigenvalue weighted by molar-refractivity contribution is 0.323. The minimum absolute atomic E-state index is 0.269. The zero-order valence-electron chi connectivity index (χ0n) is 13.3. The summed E-state index contributed by atoms with van der Waals surface area (Å²) in [6.07, 6.45) is 6.50. The molecule has 1 aliphatic heterocycles. The molecule has 118 valence electrons. The van der Waals surface area contributed by atoms with E-state index in [1.165, 1.54) is 5.03 Å². The Morgan fingerprint density at radius 1 is 1.48 bits per heavy atom. The van der Waals surface area contributed by atoms with Crippen LogP contribution in [-0.4, -0.2) is 22.9 Å². The number of thioether (sulfide) groups is 1. The molecule has 1 aromatic heterocycles. The van der Waals surface area contributed by atoms with Gasteiger partial charge in [0.25, 0.3) is 0 Å². The molecule has 23 heavy (non-hydrogen) atoms. The Labute approximate surface area is 140 Å². The maximum atomic E-state index is 9.03. The van der Waals surface area contributed by atoms with Crippen molar-refractivity contribution < 1.29 is 4.52 Å². The monoisotopic (exact) mass is 325 g/mol. The van der Waals surface area contributed by atoms with E-state index in [-0.39, 0.29) is 6.04 Å². The summed E-state index contributed by atoms with van der Waals surface area (Å²) in [4.78, 5) is 2.40. The minimum Gasteiger partial charge on any atom is -0.358 e. The van der Waals surface area contributed by atoms with Crippen LogP contribution in [0.1, 0.15) is 37.1 Å². The molecule has 1 aromatic carbocycles. The first-order chi connectivity index (χ1) is 11.3. The van der Waals surface area contributed by atoms with Crippen LogP contribution in [0.25, 0.3) is 11.3 Å². The number of hydrogen-bond donors (Lipinski definition) is 0. The molecular weight excluding hydrogens is 306 g/mol. The number of rotatable bonds is 4. The molecule has 0 saturated carbocycles. The van der Waals surface area contributed by atoms with Crippen molar-refractivity contribution in [3.05, 3.63) is 52.7 Å². The second-order valence-corrected chi connectivity index (χ2v) is 6.32. The van der Waals surface area contributed by atoms with Gasteiger partial charge < -0.3 is 9.42 Å². The molecule has 3 rings (SSSR count). The van der Waals surface area contributed by atoms with Gasteiger partial charge in [-0.15, -0.1) is 11.8 Å². The molecule has 0 spiro atoms. The summed E-state index contributed by atoms with van der Waals surface area (Å²) in [5.74, 6) is 0.718. The molecule has 5 heteroatoms. The smallest absolute Gasteiger partial charge is 0.167 e. The van der Waals surface area contributed by atoms with Gasteiger partial charge in [0.2, 0.25) is 0 Å². The lowest BCUT2D eigenvalue weighted by atomic mass is 10.1. The SMILES string of the molecule is C/C=C(\SC)N1CCCC1c1cc(-c2cccc(C#N)c2)on1. The van der Waals surface area contributed by atoms with Crippen LogP contribution in [0.5, 0.6) is 0 Å². The molecule has 0 aliphatic carbocycles. The summed E-state index contributed by atoms with van der Waals surface area (Å²) in [5, 5.41) is 14.6. The Morgan fingerprint density at radius 3 is 3.09 bits per heavy atom. The predicted molar refractivity (Wildman–Crippen MR) is 92.6 cm³/mol. The Kier molecular flexibility index (Phi) is 4.73. The van der Waals surface area contributed by atoms with Crippen LogP contribution in [0.15, 0.2) is 46.0 Å². The summed E-state index contributed by atoms with van der Waals surface area (Å²) in [7, 11) is 0. The van der Waals surface area contributed by atoms with Gasteiger partial charge in [-0.3, -0.25) is 0 Å². The topological polar surface area (TPSA) is 53.1 Å². The lowest BCUT2D eigenvalue weighted by Gasteiger charge is -2.26. The van der Waals surface area contributed by atoms with Crippen LogP contribution < -0.4 is 0 Å². The van der Waals surface area contributed by atoms with E-state index in [4.69, 9.17) is 9.78 Å². The van der Waals surface area contributed by atoms with Gasteiger partial charge in [-0.25, -0.2) is 0 Å². The fourth-order valence-electron chi connectivity index (χ4n) is 3.06. The summed E-state index contributed by atoms with van der Waals surface area (Å²) in [6, 6.07) is 11.9. The van der Waals surface area contributed by atoms with Crippen molar-refractivity contribution in [3.8, 4) is 17.4 Å². The number of likely N-dealkylation sites (tertiary alicyclic amines) is 1. The van der Waals surface area contributed by atoms with Gasteiger partial charge in [-0.05, 0) is 38.2 Å². The molecule has 0 bridgehead atoms. The highest BCUT2D eigenvalue weighted by atomic mass is 32.2. The fraction of sp³-hybridized carbons (Fsp3) is 0.333. The summed E-state index contributed by atoms with van der Waals surface area (Å²) >= 11 is 1.77. The van der Waals surface area contributed by atoms with E-state index in [1.807, 2.05) is 24.3 Å². The average molecular weight is 325 g/mol. The molecule has 4 nitrogen and oxygen atoms in total. The van der Waals surface area contributed by atoms with E-state index < -0.39 is 0 Å². The number of allylic oxidation sites excluding steroid dienone is 1. The summed E-state index contributed by atoms with van der Waals surface area (Å²) in [6.45, 7) is 3.13. The van der Waals surface area contributed by atoms with Crippen molar-refractivity contribution in [2.24, 2.45) is 0 Å². The number of nitriles is 1. The zero-order chi connectivity index (χ0) is 16.2. The summed E-state index contributed by atoms with van der Waals surface area (Å²) < 4.78 is 5.55. The Morgan fingerprint density at radius 2 is 2.35 bits per heavy atom. The normalized spacial score (nSPS) is 18.2. The third-order valence-corrected chi connectivity index (χ3v) is 5.03. The van der Waals surface area contributed by atoms with Gasteiger partial charge in [0.05, 0.1) is 22.7 Å². The first-order valence-corrected chi connectivity index (χ1v) is 8.93. The molecule has 1 unspecified atom stereocenters. The molecule has 1 fully saturated rings. The van der Waals surface area contributed by atoms with Gasteiger partial charge in [0, 0.05) is 18.2 Å². The van der Waals surface area contributed by atoms with Crippen molar-refractivity contribution in [3.63, 3.8) is 0 Å². The second-order valence-electron chi connectivity index (χ2n) is 5.49. The van der Waals surface area contributed by atoms with E-state index in [1.54, 1.807) is 17.8 Å². The zero-order valence-corrected chi connectivity index (χ0v) is 14.1. The minimum atomic E-state index is 0.269. The quantitative estimate of drug-likeness (QED) is 0.824. The molecular formula is C18H19N3OS. The molecule has 1 saturated heterocycles. The van der Waals surface area contributed by atoms with Crippen molar-refractivity contribution in [2.45, 2.75) is 25.8 Å². The van der Waals surface area contributed by atoms with E-state index in [0.29, 0.717) is 5.56 Å². The second kappa shape index (κ2) is 6.93. The van der Waals surface area contributed by atoms with Gasteiger partial charge >= 0.3 is 0 Å². The first-order valence-electron chi connectivity index (χ1n) is 7.71. The number of benzene rings is 1. The fourth-order valence-corrected chi connectivity index (χ4v) is 3.75. The molecule has 0 amide bonds. The molecule has 0 radical (unpaired) electrons. The highest BCUT2D eigenvalue weighted by Crippen LogP contribution is 2.38. The van der Waals surface area contributed by atoms with Crippen LogP contribution in [0.4, 0.5) is 0 Å². The molecule has 1 aliphatic rings. The molecule has 1 atom stereocenters. The highest BCUT2D eigenvalue weighted by molar-refractivity contribution is 8.02. The third kappa shape index (κ3) is 3.13. The standard InChI is InChI=1S/C18H19N3OS/c1-3-18(23-2)21-9-5-8-16(21)15-11-17(22-20-15)14-7-4-6-13(10-14)12-19/h3-4,6-7,10-11,16H,5,8-9H2,1-2H3/b18-3-. The van der Waals surface area contributed by atoms with Crippen LogP contribution in [0.2, 0.25) is 0 Å². The average Bonchev–Trinajstić information content (AvgIpc) is 3.25. The van der Waals surface area contributed by atoms with Gasteiger partial charge in [0.1, 0.15) is 5.69 Å². The van der Waals surface area contributed by atoms with E-state index >= 15 is 0 Å². The van der Waals surface area contributed by atoms with E-state index in [9.17, 15) is 0 Å². The Bertz CT molecular complexity index is 760. The first kappa shape index (κ1) is 15.7. The Hall–Kier alpha value is -2.19. The largest absolute Gasteiger partial charge is 0.358 e. The number of hydrogen-bond acceptors (Lipinski definition) is 5. The molecule has 2 aromatic rings. The van der Waals surface area contributed by atoms with Crippen molar-refractivity contribution in [2.75, 3.05) is 12.8 Å². The Balaban J connectivity index is 1.88. The number of aromatic nitrogens is 1. The van der Waals surface area contributed by atoms with Crippen LogP contribution in [0.3, 0.4) is 0 Å². The van der Waals surface area contributed by atoms with E-state index in [0.717, 1.165) is 36.4 Å². The van der Waals surface area contributed by atoms with Crippen LogP contribution in [-0.2, 0) is 0 Å². The van der Waals surface area contributed by atoms with Gasteiger partial charge in [-0.1, -0.05) is 23.4 Å². The van der Waals surface area contributed by atoms with Crippen LogP contribution in [0, 0.1) is 11.3 Å². The maximum Gasteiger partial charge on any atom is 0.167 e. The summed E-state index contributed by atoms with van der Waals surface area (Å²) in [5.41, 5.74) is 2.48. The molecule has 0 N–H and O–H groups in total. The maximum absolute atomic E-state index is 9.03. The highest BCUT2D eigenvalue weighted by Gasteiger charge is 2.29. The molecule has 2 heterocycles. The van der Waals surface area contributed by atoms with Crippen molar-refractivity contribution in [1.29, 1.82) is 5.26 Å².